The third-order valence-electron chi connectivity index (χ3n) is 1.89. The van der Waals surface area contributed by atoms with E-state index in [2.05, 4.69) is 23.8 Å². The van der Waals surface area contributed by atoms with Crippen LogP contribution in [0.25, 0.3) is 0 Å². The van der Waals surface area contributed by atoms with Gasteiger partial charge in [0.15, 0.2) is 0 Å². The fourth-order valence-electron chi connectivity index (χ4n) is 1.10. The molecule has 0 fully saturated rings. The molecule has 0 bridgehead atoms. The smallest absolute Gasteiger partial charge is 0.0885 e. The van der Waals surface area contributed by atoms with Gasteiger partial charge in [0.05, 0.1) is 18.4 Å². The van der Waals surface area contributed by atoms with Crippen molar-refractivity contribution in [2.75, 3.05) is 13.2 Å². The van der Waals surface area contributed by atoms with Crippen LogP contribution in [0.2, 0.25) is 0 Å². The summed E-state index contributed by atoms with van der Waals surface area (Å²) < 4.78 is 5.02. The molecule has 1 aromatic rings. The molecule has 0 amide bonds. The Morgan fingerprint density at radius 3 is 3.29 bits per heavy atom. The summed E-state index contributed by atoms with van der Waals surface area (Å²) in [5, 5.41) is 3.40. The second kappa shape index (κ2) is 6.56. The maximum Gasteiger partial charge on any atom is 0.0885 e. The van der Waals surface area contributed by atoms with E-state index < -0.39 is 0 Å². The van der Waals surface area contributed by atoms with Crippen LogP contribution in [-0.4, -0.2) is 18.1 Å². The van der Waals surface area contributed by atoms with Crippen molar-refractivity contribution in [3.8, 4) is 0 Å². The van der Waals surface area contributed by atoms with Gasteiger partial charge in [-0.15, -0.1) is 11.3 Å². The Hall–Kier alpha value is -0.870. The first-order valence-electron chi connectivity index (χ1n) is 4.69. The molecule has 1 atom stereocenters. The fraction of sp³-hybridized carbons (Fsp3) is 0.500. The average Bonchev–Trinajstić information content (AvgIpc) is 2.70. The largest absolute Gasteiger partial charge is 0.502 e. The third-order valence-corrected chi connectivity index (χ3v) is 2.84. The molecular formula is C10H16N2OS. The normalized spacial score (nSPS) is 12.4. The Morgan fingerprint density at radius 1 is 1.79 bits per heavy atom. The van der Waals surface area contributed by atoms with Gasteiger partial charge < -0.3 is 10.1 Å². The summed E-state index contributed by atoms with van der Waals surface area (Å²) in [4.78, 5) is 5.31. The Balaban J connectivity index is 2.10. The van der Waals surface area contributed by atoms with Crippen LogP contribution in [-0.2, 0) is 4.74 Å². The van der Waals surface area contributed by atoms with Gasteiger partial charge in [-0.3, -0.25) is 4.98 Å². The minimum atomic E-state index is 0.381. The van der Waals surface area contributed by atoms with Crippen LogP contribution in [0.4, 0.5) is 0 Å². The molecular weight excluding hydrogens is 196 g/mol. The first kappa shape index (κ1) is 11.2. The van der Waals surface area contributed by atoms with E-state index in [-0.39, 0.29) is 0 Å². The summed E-state index contributed by atoms with van der Waals surface area (Å²) in [6.45, 7) is 7.30. The molecule has 0 aliphatic carbocycles. The second-order valence-electron chi connectivity index (χ2n) is 2.97. The summed E-state index contributed by atoms with van der Waals surface area (Å²) in [6, 6.07) is 0.381. The molecule has 1 N–H and O–H groups in total. The summed E-state index contributed by atoms with van der Waals surface area (Å²) in [5.41, 5.74) is 1.86. The minimum absolute atomic E-state index is 0.381. The van der Waals surface area contributed by atoms with Crippen LogP contribution in [0, 0.1) is 0 Å². The topological polar surface area (TPSA) is 34.1 Å². The van der Waals surface area contributed by atoms with Crippen molar-refractivity contribution < 1.29 is 4.74 Å². The standard InChI is InChI=1S/C10H16N2OS/c1-3-13-6-4-5-12-9(2)10-7-11-8-14-10/h3,7-9,12H,1,4-6H2,2H3. The number of aromatic nitrogens is 1. The van der Waals surface area contributed by atoms with Crippen molar-refractivity contribution >= 4 is 11.3 Å². The maximum absolute atomic E-state index is 5.02. The molecule has 1 rings (SSSR count). The quantitative estimate of drug-likeness (QED) is 0.556. The second-order valence-corrected chi connectivity index (χ2v) is 3.89. The molecule has 14 heavy (non-hydrogen) atoms. The van der Waals surface area contributed by atoms with Crippen LogP contribution in [0.5, 0.6) is 0 Å². The van der Waals surface area contributed by atoms with Crippen molar-refractivity contribution in [1.29, 1.82) is 0 Å². The van der Waals surface area contributed by atoms with Crippen LogP contribution >= 0.6 is 11.3 Å². The van der Waals surface area contributed by atoms with Gasteiger partial charge in [0, 0.05) is 17.1 Å². The van der Waals surface area contributed by atoms with Crippen LogP contribution < -0.4 is 5.32 Å². The van der Waals surface area contributed by atoms with Crippen LogP contribution in [0.15, 0.2) is 24.5 Å². The van der Waals surface area contributed by atoms with Crippen LogP contribution in [0.1, 0.15) is 24.3 Å². The molecule has 1 heterocycles. The summed E-state index contributed by atoms with van der Waals surface area (Å²) in [7, 11) is 0. The molecule has 0 aliphatic rings. The lowest BCUT2D eigenvalue weighted by Crippen LogP contribution is -2.19. The zero-order chi connectivity index (χ0) is 10.2. The molecule has 78 valence electrons. The Morgan fingerprint density at radius 2 is 2.64 bits per heavy atom. The predicted molar refractivity (Wildman–Crippen MR) is 59.3 cm³/mol. The lowest BCUT2D eigenvalue weighted by molar-refractivity contribution is 0.243. The van der Waals surface area contributed by atoms with E-state index in [1.807, 2.05) is 11.7 Å². The summed E-state index contributed by atoms with van der Waals surface area (Å²) in [5.74, 6) is 0. The highest BCUT2D eigenvalue weighted by atomic mass is 32.1. The van der Waals surface area contributed by atoms with Gasteiger partial charge in [0.1, 0.15) is 0 Å². The van der Waals surface area contributed by atoms with E-state index in [4.69, 9.17) is 4.74 Å². The predicted octanol–water partition coefficient (Wildman–Crippen LogP) is 2.34. The summed E-state index contributed by atoms with van der Waals surface area (Å²) in [6.07, 6.45) is 4.38. The van der Waals surface area contributed by atoms with Crippen LogP contribution in [0.3, 0.4) is 0 Å². The van der Waals surface area contributed by atoms with Gasteiger partial charge in [-0.05, 0) is 19.9 Å². The monoisotopic (exact) mass is 212 g/mol. The van der Waals surface area contributed by atoms with Crippen molar-refractivity contribution in [2.24, 2.45) is 0 Å². The fourth-order valence-corrected chi connectivity index (χ4v) is 1.75. The van der Waals surface area contributed by atoms with Crippen molar-refractivity contribution in [3.63, 3.8) is 0 Å². The highest BCUT2D eigenvalue weighted by molar-refractivity contribution is 7.09. The van der Waals surface area contributed by atoms with E-state index >= 15 is 0 Å². The van der Waals surface area contributed by atoms with Gasteiger partial charge in [0.25, 0.3) is 0 Å². The Labute approximate surface area is 88.8 Å². The van der Waals surface area contributed by atoms with E-state index in [0.717, 1.165) is 19.6 Å². The number of nitrogens with zero attached hydrogens (tertiary/aromatic N) is 1. The average molecular weight is 212 g/mol. The molecule has 0 aromatic carbocycles. The number of hydrogen-bond acceptors (Lipinski definition) is 4. The molecule has 0 spiro atoms. The van der Waals surface area contributed by atoms with Gasteiger partial charge in [-0.1, -0.05) is 6.58 Å². The highest BCUT2D eigenvalue weighted by Gasteiger charge is 2.04. The maximum atomic E-state index is 5.02. The summed E-state index contributed by atoms with van der Waals surface area (Å²) >= 11 is 1.68. The minimum Gasteiger partial charge on any atom is -0.502 e. The number of hydrogen-bond donors (Lipinski definition) is 1. The number of thiazole rings is 1. The number of ether oxygens (including phenoxy) is 1. The zero-order valence-corrected chi connectivity index (χ0v) is 9.22. The Kier molecular flexibility index (Phi) is 5.25. The highest BCUT2D eigenvalue weighted by Crippen LogP contribution is 2.15. The molecule has 1 aromatic heterocycles. The first-order valence-corrected chi connectivity index (χ1v) is 5.57. The van der Waals surface area contributed by atoms with E-state index in [0.29, 0.717) is 6.04 Å². The van der Waals surface area contributed by atoms with Crippen molar-refractivity contribution in [3.05, 3.63) is 29.4 Å². The molecule has 1 unspecified atom stereocenters. The third kappa shape index (κ3) is 3.89. The molecule has 0 radical (unpaired) electrons. The van der Waals surface area contributed by atoms with Gasteiger partial charge in [-0.25, -0.2) is 0 Å². The molecule has 0 aliphatic heterocycles. The Bertz CT molecular complexity index is 249. The van der Waals surface area contributed by atoms with Crippen molar-refractivity contribution in [2.45, 2.75) is 19.4 Å². The molecule has 4 heteroatoms. The number of rotatable bonds is 7. The van der Waals surface area contributed by atoms with Crippen molar-refractivity contribution in [1.82, 2.24) is 10.3 Å². The first-order chi connectivity index (χ1) is 6.84. The van der Waals surface area contributed by atoms with E-state index in [9.17, 15) is 0 Å². The SMILES string of the molecule is C=COCCCNC(C)c1cncs1. The molecule has 0 saturated carbocycles. The molecule has 3 nitrogen and oxygen atoms in total. The van der Waals surface area contributed by atoms with E-state index in [1.165, 1.54) is 11.1 Å². The number of nitrogens with one attached hydrogen (secondary N) is 1. The lowest BCUT2D eigenvalue weighted by atomic mass is 10.3. The van der Waals surface area contributed by atoms with Gasteiger partial charge >= 0.3 is 0 Å². The zero-order valence-electron chi connectivity index (χ0n) is 8.40. The van der Waals surface area contributed by atoms with Gasteiger partial charge in [0.2, 0.25) is 0 Å². The van der Waals surface area contributed by atoms with Gasteiger partial charge in [-0.2, -0.15) is 0 Å². The van der Waals surface area contributed by atoms with E-state index in [1.54, 1.807) is 11.3 Å². The lowest BCUT2D eigenvalue weighted by Gasteiger charge is -2.10. The molecule has 0 saturated heterocycles.